The zero-order chi connectivity index (χ0) is 13.2. The van der Waals surface area contributed by atoms with E-state index in [1.54, 1.807) is 0 Å². The third kappa shape index (κ3) is 2.97. The van der Waals surface area contributed by atoms with Gasteiger partial charge in [0.2, 0.25) is 5.88 Å². The standard InChI is InChI=1S/C11H19N3O3S/c1-11(2)8(3-9(11)16)12-4-7(15)6-17-10-5-13-18-14-10/h5,7-9,12,15-16H,3-4,6H2,1-2H3. The van der Waals surface area contributed by atoms with Crippen LogP contribution in [-0.4, -0.2) is 50.4 Å². The van der Waals surface area contributed by atoms with E-state index in [0.29, 0.717) is 12.4 Å². The number of aliphatic hydroxyl groups excluding tert-OH is 2. The summed E-state index contributed by atoms with van der Waals surface area (Å²) in [6.07, 6.45) is 1.40. The molecule has 1 aliphatic carbocycles. The lowest BCUT2D eigenvalue weighted by Crippen LogP contribution is -2.61. The topological polar surface area (TPSA) is 87.5 Å². The second kappa shape index (κ2) is 5.48. The van der Waals surface area contributed by atoms with Crippen LogP contribution in [0.1, 0.15) is 20.3 Å². The van der Waals surface area contributed by atoms with E-state index < -0.39 is 6.10 Å². The minimum absolute atomic E-state index is 0.126. The third-order valence-corrected chi connectivity index (χ3v) is 4.04. The Hall–Kier alpha value is -0.760. The lowest BCUT2D eigenvalue weighted by atomic mass is 9.64. The molecule has 0 saturated heterocycles. The first-order valence-electron chi connectivity index (χ1n) is 6.00. The molecule has 6 nitrogen and oxygen atoms in total. The summed E-state index contributed by atoms with van der Waals surface area (Å²) >= 11 is 1.07. The first kappa shape index (κ1) is 13.7. The van der Waals surface area contributed by atoms with Crippen LogP contribution >= 0.6 is 11.7 Å². The number of aromatic nitrogens is 2. The summed E-state index contributed by atoms with van der Waals surface area (Å²) in [5.41, 5.74) is -0.126. The maximum absolute atomic E-state index is 9.76. The number of aliphatic hydroxyl groups is 2. The van der Waals surface area contributed by atoms with Crippen molar-refractivity contribution in [2.24, 2.45) is 5.41 Å². The van der Waals surface area contributed by atoms with Gasteiger partial charge in [-0.15, -0.1) is 4.37 Å². The van der Waals surface area contributed by atoms with Crippen molar-refractivity contribution >= 4 is 11.7 Å². The number of hydrogen-bond acceptors (Lipinski definition) is 7. The Labute approximate surface area is 110 Å². The molecular formula is C11H19N3O3S. The van der Waals surface area contributed by atoms with E-state index in [1.165, 1.54) is 6.20 Å². The molecule has 0 bridgehead atoms. The second-order valence-corrected chi connectivity index (χ2v) is 5.80. The monoisotopic (exact) mass is 273 g/mol. The minimum Gasteiger partial charge on any atom is -0.473 e. The molecule has 3 N–H and O–H groups in total. The normalized spacial score (nSPS) is 27.6. The third-order valence-electron chi connectivity index (χ3n) is 3.58. The fourth-order valence-electron chi connectivity index (χ4n) is 1.99. The summed E-state index contributed by atoms with van der Waals surface area (Å²) in [6, 6.07) is 0.239. The van der Waals surface area contributed by atoms with E-state index in [4.69, 9.17) is 4.74 Å². The Morgan fingerprint density at radius 3 is 3.00 bits per heavy atom. The van der Waals surface area contributed by atoms with Gasteiger partial charge in [-0.05, 0) is 6.42 Å². The molecule has 2 rings (SSSR count). The SMILES string of the molecule is CC1(C)C(O)CC1NCC(O)COc1cnsn1. The quantitative estimate of drug-likeness (QED) is 0.677. The predicted molar refractivity (Wildman–Crippen MR) is 67.6 cm³/mol. The summed E-state index contributed by atoms with van der Waals surface area (Å²) in [4.78, 5) is 0. The molecule has 1 heterocycles. The molecule has 7 heteroatoms. The Kier molecular flexibility index (Phi) is 4.16. The van der Waals surface area contributed by atoms with Crippen LogP contribution in [0.2, 0.25) is 0 Å². The van der Waals surface area contributed by atoms with Crippen molar-refractivity contribution in [1.82, 2.24) is 14.1 Å². The van der Waals surface area contributed by atoms with Gasteiger partial charge >= 0.3 is 0 Å². The molecule has 0 amide bonds. The molecule has 1 saturated carbocycles. The van der Waals surface area contributed by atoms with Crippen LogP contribution in [0.15, 0.2) is 6.20 Å². The molecule has 3 atom stereocenters. The molecule has 102 valence electrons. The minimum atomic E-state index is -0.597. The lowest BCUT2D eigenvalue weighted by molar-refractivity contribution is -0.0755. The van der Waals surface area contributed by atoms with Gasteiger partial charge in [0.25, 0.3) is 0 Å². The van der Waals surface area contributed by atoms with Gasteiger partial charge in [-0.1, -0.05) is 13.8 Å². The molecule has 1 aromatic rings. The highest BCUT2D eigenvalue weighted by molar-refractivity contribution is 6.99. The van der Waals surface area contributed by atoms with Gasteiger partial charge in [0.05, 0.1) is 17.8 Å². The highest BCUT2D eigenvalue weighted by Gasteiger charge is 2.46. The van der Waals surface area contributed by atoms with Gasteiger partial charge in [-0.25, -0.2) is 0 Å². The summed E-state index contributed by atoms with van der Waals surface area (Å²) in [7, 11) is 0. The fourth-order valence-corrected chi connectivity index (χ4v) is 2.35. The first-order chi connectivity index (χ1) is 8.50. The largest absolute Gasteiger partial charge is 0.473 e. The molecule has 3 unspecified atom stereocenters. The maximum atomic E-state index is 9.76. The number of rotatable bonds is 6. The van der Waals surface area contributed by atoms with Crippen molar-refractivity contribution < 1.29 is 14.9 Å². The van der Waals surface area contributed by atoms with Crippen molar-refractivity contribution in [1.29, 1.82) is 0 Å². The Bertz CT molecular complexity index is 372. The second-order valence-electron chi connectivity index (χ2n) is 5.24. The van der Waals surface area contributed by atoms with Gasteiger partial charge in [-0.2, -0.15) is 4.37 Å². The van der Waals surface area contributed by atoms with Crippen LogP contribution in [0.3, 0.4) is 0 Å². The summed E-state index contributed by atoms with van der Waals surface area (Å²) in [5.74, 6) is 0.443. The average Bonchev–Trinajstić information content (AvgIpc) is 2.84. The summed E-state index contributed by atoms with van der Waals surface area (Å²) < 4.78 is 13.0. The summed E-state index contributed by atoms with van der Waals surface area (Å²) in [6.45, 7) is 4.66. The summed E-state index contributed by atoms with van der Waals surface area (Å²) in [5, 5.41) is 22.6. The molecule has 18 heavy (non-hydrogen) atoms. The molecule has 0 radical (unpaired) electrons. The van der Waals surface area contributed by atoms with Crippen LogP contribution < -0.4 is 10.1 Å². The van der Waals surface area contributed by atoms with E-state index >= 15 is 0 Å². The van der Waals surface area contributed by atoms with E-state index in [9.17, 15) is 10.2 Å². The fraction of sp³-hybridized carbons (Fsp3) is 0.818. The van der Waals surface area contributed by atoms with Crippen LogP contribution in [0, 0.1) is 5.41 Å². The van der Waals surface area contributed by atoms with Gasteiger partial charge < -0.3 is 20.3 Å². The van der Waals surface area contributed by atoms with Gasteiger partial charge in [0, 0.05) is 18.0 Å². The van der Waals surface area contributed by atoms with Gasteiger partial charge in [0.15, 0.2) is 0 Å². The van der Waals surface area contributed by atoms with Crippen molar-refractivity contribution in [2.45, 2.75) is 38.5 Å². The van der Waals surface area contributed by atoms with Crippen LogP contribution in [0.5, 0.6) is 5.88 Å². The van der Waals surface area contributed by atoms with E-state index in [0.717, 1.165) is 18.1 Å². The Morgan fingerprint density at radius 2 is 2.44 bits per heavy atom. The van der Waals surface area contributed by atoms with E-state index in [2.05, 4.69) is 14.1 Å². The van der Waals surface area contributed by atoms with Crippen LogP contribution in [-0.2, 0) is 0 Å². The van der Waals surface area contributed by atoms with E-state index in [-0.39, 0.29) is 24.2 Å². The molecule has 0 aliphatic heterocycles. The molecule has 0 aromatic carbocycles. The number of ether oxygens (including phenoxy) is 1. The Balaban J connectivity index is 1.65. The molecule has 1 fully saturated rings. The molecule has 1 aromatic heterocycles. The van der Waals surface area contributed by atoms with Crippen molar-refractivity contribution in [2.75, 3.05) is 13.2 Å². The predicted octanol–water partition coefficient (Wildman–Crippen LogP) is 0.0268. The highest BCUT2D eigenvalue weighted by atomic mass is 32.1. The first-order valence-corrected chi connectivity index (χ1v) is 6.73. The van der Waals surface area contributed by atoms with Crippen LogP contribution in [0.4, 0.5) is 0 Å². The van der Waals surface area contributed by atoms with Gasteiger partial charge in [0.1, 0.15) is 18.9 Å². The lowest BCUT2D eigenvalue weighted by Gasteiger charge is -2.49. The average molecular weight is 273 g/mol. The smallest absolute Gasteiger partial charge is 0.245 e. The molecule has 0 spiro atoms. The number of nitrogens with zero attached hydrogens (tertiary/aromatic N) is 2. The van der Waals surface area contributed by atoms with Gasteiger partial charge in [-0.3, -0.25) is 0 Å². The maximum Gasteiger partial charge on any atom is 0.245 e. The highest BCUT2D eigenvalue weighted by Crippen LogP contribution is 2.40. The zero-order valence-corrected chi connectivity index (χ0v) is 11.4. The van der Waals surface area contributed by atoms with Crippen molar-refractivity contribution in [3.8, 4) is 5.88 Å². The zero-order valence-electron chi connectivity index (χ0n) is 10.5. The van der Waals surface area contributed by atoms with Crippen molar-refractivity contribution in [3.63, 3.8) is 0 Å². The molecule has 1 aliphatic rings. The van der Waals surface area contributed by atoms with Crippen LogP contribution in [0.25, 0.3) is 0 Å². The van der Waals surface area contributed by atoms with E-state index in [1.807, 2.05) is 13.8 Å². The molecular weight excluding hydrogens is 254 g/mol. The van der Waals surface area contributed by atoms with Crippen molar-refractivity contribution in [3.05, 3.63) is 6.20 Å². The number of hydrogen-bond donors (Lipinski definition) is 3. The number of nitrogens with one attached hydrogen (secondary N) is 1. The Morgan fingerprint density at radius 1 is 1.67 bits per heavy atom.